The maximum absolute atomic E-state index is 11.8. The highest BCUT2D eigenvalue weighted by Crippen LogP contribution is 2.32. The molecule has 0 atom stereocenters. The molecule has 1 amide bonds. The number of carbonyl (C=O) groups is 1. The zero-order chi connectivity index (χ0) is 20.0. The van der Waals surface area contributed by atoms with Crippen LogP contribution in [-0.4, -0.2) is 35.9 Å². The van der Waals surface area contributed by atoms with Crippen molar-refractivity contribution in [2.75, 3.05) is 13.7 Å². The SMILES string of the molecule is COc1cc(Cl)cc(C=NNC(=O)COc2ccc(C)cc2[N+](=O)[O-])c1O. The highest BCUT2D eigenvalue weighted by molar-refractivity contribution is 6.31. The summed E-state index contributed by atoms with van der Waals surface area (Å²) in [6.45, 7) is 1.23. The number of carbonyl (C=O) groups excluding carboxylic acids is 1. The number of aromatic hydroxyl groups is 1. The van der Waals surface area contributed by atoms with E-state index >= 15 is 0 Å². The molecule has 2 rings (SSSR count). The number of methoxy groups -OCH3 is 1. The standard InChI is InChI=1S/C17H16ClN3O6/c1-10-3-4-14(13(5-10)21(24)25)27-9-16(22)20-19-8-11-6-12(18)7-15(26-2)17(11)23/h3-8,23H,9H2,1-2H3,(H,20,22). The minimum Gasteiger partial charge on any atom is -0.504 e. The van der Waals surface area contributed by atoms with Crippen LogP contribution in [0.15, 0.2) is 35.4 Å². The molecule has 2 aromatic rings. The molecule has 0 radical (unpaired) electrons. The van der Waals surface area contributed by atoms with Crippen LogP contribution in [0.2, 0.25) is 5.02 Å². The second-order valence-electron chi connectivity index (χ2n) is 5.36. The van der Waals surface area contributed by atoms with Crippen LogP contribution < -0.4 is 14.9 Å². The first-order chi connectivity index (χ1) is 12.8. The van der Waals surface area contributed by atoms with Crippen LogP contribution in [0.1, 0.15) is 11.1 Å². The Bertz CT molecular complexity index is 900. The Labute approximate surface area is 159 Å². The third kappa shape index (κ3) is 5.32. The number of hydrogen-bond donors (Lipinski definition) is 2. The molecule has 0 bridgehead atoms. The number of phenolic OH excluding ortho intramolecular Hbond substituents is 1. The van der Waals surface area contributed by atoms with Gasteiger partial charge in [0.2, 0.25) is 0 Å². The van der Waals surface area contributed by atoms with E-state index in [4.69, 9.17) is 21.1 Å². The van der Waals surface area contributed by atoms with Gasteiger partial charge in [0.1, 0.15) is 0 Å². The van der Waals surface area contributed by atoms with Crippen LogP contribution in [0.5, 0.6) is 17.2 Å². The number of hydrogen-bond acceptors (Lipinski definition) is 7. The summed E-state index contributed by atoms with van der Waals surface area (Å²) >= 11 is 5.90. The average Bonchev–Trinajstić information content (AvgIpc) is 2.63. The number of nitrogens with one attached hydrogen (secondary N) is 1. The van der Waals surface area contributed by atoms with Crippen LogP contribution in [0.25, 0.3) is 0 Å². The summed E-state index contributed by atoms with van der Waals surface area (Å²) in [6.07, 6.45) is 1.18. The molecule has 27 heavy (non-hydrogen) atoms. The van der Waals surface area contributed by atoms with Gasteiger partial charge in [-0.3, -0.25) is 14.9 Å². The summed E-state index contributed by atoms with van der Waals surface area (Å²) in [5.74, 6) is -0.701. The van der Waals surface area contributed by atoms with Gasteiger partial charge in [-0.1, -0.05) is 17.7 Å². The molecule has 2 aromatic carbocycles. The molecule has 0 unspecified atom stereocenters. The second-order valence-corrected chi connectivity index (χ2v) is 5.79. The number of rotatable bonds is 7. The average molecular weight is 394 g/mol. The van der Waals surface area contributed by atoms with Crippen molar-refractivity contribution in [1.29, 1.82) is 0 Å². The van der Waals surface area contributed by atoms with Crippen molar-refractivity contribution in [2.45, 2.75) is 6.92 Å². The topological polar surface area (TPSA) is 123 Å². The minimum absolute atomic E-state index is 0.0260. The molecular formula is C17H16ClN3O6. The van der Waals surface area contributed by atoms with Gasteiger partial charge < -0.3 is 14.6 Å². The number of nitrogens with zero attached hydrogens (tertiary/aromatic N) is 2. The van der Waals surface area contributed by atoms with Gasteiger partial charge >= 0.3 is 5.69 Å². The Morgan fingerprint density at radius 2 is 2.11 bits per heavy atom. The third-order valence-electron chi connectivity index (χ3n) is 3.35. The number of amides is 1. The molecule has 9 nitrogen and oxygen atoms in total. The lowest BCUT2D eigenvalue weighted by Gasteiger charge is -2.07. The summed E-state index contributed by atoms with van der Waals surface area (Å²) in [5.41, 5.74) is 2.88. The molecule has 0 saturated carbocycles. The fraction of sp³-hybridized carbons (Fsp3) is 0.176. The van der Waals surface area contributed by atoms with E-state index in [2.05, 4.69) is 10.5 Å². The fourth-order valence-electron chi connectivity index (χ4n) is 2.09. The van der Waals surface area contributed by atoms with Crippen molar-refractivity contribution < 1.29 is 24.3 Å². The predicted octanol–water partition coefficient (Wildman–Crippen LogP) is 2.80. The molecule has 0 aliphatic carbocycles. The Hall–Kier alpha value is -3.33. The van der Waals surface area contributed by atoms with Gasteiger partial charge in [0.15, 0.2) is 23.9 Å². The lowest BCUT2D eigenvalue weighted by molar-refractivity contribution is -0.385. The zero-order valence-electron chi connectivity index (χ0n) is 14.4. The van der Waals surface area contributed by atoms with Crippen LogP contribution >= 0.6 is 11.6 Å². The predicted molar refractivity (Wildman–Crippen MR) is 98.7 cm³/mol. The number of nitro groups is 1. The number of nitro benzene ring substituents is 1. The smallest absolute Gasteiger partial charge is 0.311 e. The van der Waals surface area contributed by atoms with Gasteiger partial charge in [-0.25, -0.2) is 5.43 Å². The molecule has 0 fully saturated rings. The van der Waals surface area contributed by atoms with Gasteiger partial charge in [0, 0.05) is 22.7 Å². The number of aryl methyl sites for hydroxylation is 1. The van der Waals surface area contributed by atoms with Crippen LogP contribution in [0, 0.1) is 17.0 Å². The van der Waals surface area contributed by atoms with Crippen molar-refractivity contribution in [2.24, 2.45) is 5.10 Å². The molecule has 0 aliphatic rings. The molecule has 0 aromatic heterocycles. The maximum Gasteiger partial charge on any atom is 0.311 e. The maximum atomic E-state index is 11.8. The van der Waals surface area contributed by atoms with E-state index in [9.17, 15) is 20.0 Å². The lowest BCUT2D eigenvalue weighted by Crippen LogP contribution is -2.24. The van der Waals surface area contributed by atoms with Gasteiger partial charge in [-0.05, 0) is 24.6 Å². The first-order valence-electron chi connectivity index (χ1n) is 7.58. The van der Waals surface area contributed by atoms with Crippen molar-refractivity contribution >= 4 is 29.4 Å². The summed E-state index contributed by atoms with van der Waals surface area (Å²) in [4.78, 5) is 22.2. The largest absolute Gasteiger partial charge is 0.504 e. The zero-order valence-corrected chi connectivity index (χ0v) is 15.2. The van der Waals surface area contributed by atoms with E-state index in [0.29, 0.717) is 10.6 Å². The molecule has 2 N–H and O–H groups in total. The molecule has 0 saturated heterocycles. The molecule has 0 spiro atoms. The van der Waals surface area contributed by atoms with Crippen LogP contribution in [0.3, 0.4) is 0 Å². The third-order valence-corrected chi connectivity index (χ3v) is 3.57. The van der Waals surface area contributed by atoms with Crippen molar-refractivity contribution in [3.63, 3.8) is 0 Å². The molecular weight excluding hydrogens is 378 g/mol. The summed E-state index contributed by atoms with van der Waals surface area (Å²) in [7, 11) is 1.37. The Morgan fingerprint density at radius 3 is 2.78 bits per heavy atom. The Balaban J connectivity index is 1.99. The molecule has 0 heterocycles. The fourth-order valence-corrected chi connectivity index (χ4v) is 2.31. The van der Waals surface area contributed by atoms with E-state index in [0.717, 1.165) is 0 Å². The Kier molecular flexibility index (Phi) is 6.56. The number of hydrazone groups is 1. The summed E-state index contributed by atoms with van der Waals surface area (Å²) in [6, 6.07) is 7.26. The van der Waals surface area contributed by atoms with E-state index in [1.807, 2.05) is 0 Å². The number of phenols is 1. The van der Waals surface area contributed by atoms with Crippen LogP contribution in [0.4, 0.5) is 5.69 Å². The van der Waals surface area contributed by atoms with E-state index < -0.39 is 17.4 Å². The van der Waals surface area contributed by atoms with Crippen molar-refractivity contribution in [1.82, 2.24) is 5.43 Å². The highest BCUT2D eigenvalue weighted by Gasteiger charge is 2.16. The number of ether oxygens (including phenoxy) is 2. The quantitative estimate of drug-likeness (QED) is 0.423. The van der Waals surface area contributed by atoms with Gasteiger partial charge in [-0.15, -0.1) is 0 Å². The molecule has 142 valence electrons. The molecule has 0 aliphatic heterocycles. The lowest BCUT2D eigenvalue weighted by atomic mass is 10.2. The number of halogens is 1. The Morgan fingerprint density at radius 1 is 1.37 bits per heavy atom. The minimum atomic E-state index is -0.644. The van der Waals surface area contributed by atoms with Crippen molar-refractivity contribution in [3.8, 4) is 17.2 Å². The monoisotopic (exact) mass is 393 g/mol. The van der Waals surface area contributed by atoms with Gasteiger partial charge in [-0.2, -0.15) is 5.10 Å². The van der Waals surface area contributed by atoms with Gasteiger partial charge in [0.05, 0.1) is 18.2 Å². The van der Waals surface area contributed by atoms with E-state index in [1.165, 1.54) is 37.6 Å². The van der Waals surface area contributed by atoms with Gasteiger partial charge in [0.25, 0.3) is 5.91 Å². The summed E-state index contributed by atoms with van der Waals surface area (Å²) < 4.78 is 10.1. The normalized spacial score (nSPS) is 10.6. The first kappa shape index (κ1) is 20.0. The van der Waals surface area contributed by atoms with Crippen LogP contribution in [-0.2, 0) is 4.79 Å². The molecule has 10 heteroatoms. The van der Waals surface area contributed by atoms with E-state index in [1.54, 1.807) is 13.0 Å². The second kappa shape index (κ2) is 8.86. The first-order valence-corrected chi connectivity index (χ1v) is 7.96. The van der Waals surface area contributed by atoms with E-state index in [-0.39, 0.29) is 28.5 Å². The van der Waals surface area contributed by atoms with Crippen molar-refractivity contribution in [3.05, 3.63) is 56.6 Å². The summed E-state index contributed by atoms with van der Waals surface area (Å²) in [5, 5.41) is 25.0. The highest BCUT2D eigenvalue weighted by atomic mass is 35.5. The number of benzene rings is 2.